The molecule has 0 saturated heterocycles. The lowest BCUT2D eigenvalue weighted by Gasteiger charge is -2.21. The molecule has 1 unspecified atom stereocenters. The van der Waals surface area contributed by atoms with E-state index in [-0.39, 0.29) is 11.8 Å². The fourth-order valence-corrected chi connectivity index (χ4v) is 1.31. The van der Waals surface area contributed by atoms with Crippen LogP contribution in [0.15, 0.2) is 12.2 Å². The van der Waals surface area contributed by atoms with Crippen molar-refractivity contribution in [3.8, 4) is 0 Å². The van der Waals surface area contributed by atoms with Crippen molar-refractivity contribution in [2.75, 3.05) is 26.7 Å². The molecule has 0 aliphatic heterocycles. The van der Waals surface area contributed by atoms with Crippen LogP contribution in [0.4, 0.5) is 0 Å². The maximum Gasteiger partial charge on any atom is 0.226 e. The number of nitrogens with one attached hydrogen (secondary N) is 1. The summed E-state index contributed by atoms with van der Waals surface area (Å²) in [7, 11) is 1.82. The van der Waals surface area contributed by atoms with E-state index in [9.17, 15) is 4.79 Å². The average Bonchev–Trinajstić information content (AvgIpc) is 2.11. The molecule has 82 valence electrons. The predicted molar refractivity (Wildman–Crippen MR) is 60.2 cm³/mol. The zero-order valence-corrected chi connectivity index (χ0v) is 9.76. The van der Waals surface area contributed by atoms with Crippen LogP contribution in [-0.2, 0) is 4.79 Å². The molecule has 14 heavy (non-hydrogen) atoms. The third-order valence-corrected chi connectivity index (χ3v) is 2.01. The summed E-state index contributed by atoms with van der Waals surface area (Å²) in [6, 6.07) is 0. The lowest BCUT2D eigenvalue weighted by atomic mass is 10.1. The Balaban J connectivity index is 3.97. The molecule has 0 bridgehead atoms. The van der Waals surface area contributed by atoms with Gasteiger partial charge in [0.15, 0.2) is 0 Å². The Morgan fingerprint density at radius 3 is 2.57 bits per heavy atom. The van der Waals surface area contributed by atoms with Crippen LogP contribution in [-0.4, -0.2) is 37.5 Å². The van der Waals surface area contributed by atoms with Crippen LogP contribution in [0.3, 0.4) is 0 Å². The van der Waals surface area contributed by atoms with E-state index in [0.717, 1.165) is 18.7 Å². The molecule has 0 aromatic rings. The molecule has 0 spiro atoms. The molecule has 1 atom stereocenters. The average molecular weight is 198 g/mol. The van der Waals surface area contributed by atoms with Gasteiger partial charge in [-0.3, -0.25) is 4.79 Å². The maximum absolute atomic E-state index is 11.7. The number of hydrogen-bond acceptors (Lipinski definition) is 2. The van der Waals surface area contributed by atoms with E-state index in [1.54, 1.807) is 4.90 Å². The van der Waals surface area contributed by atoms with Crippen molar-refractivity contribution in [2.24, 2.45) is 5.92 Å². The van der Waals surface area contributed by atoms with Gasteiger partial charge in [0.25, 0.3) is 0 Å². The summed E-state index contributed by atoms with van der Waals surface area (Å²) in [6.45, 7) is 12.0. The van der Waals surface area contributed by atoms with Gasteiger partial charge in [0.05, 0.1) is 0 Å². The van der Waals surface area contributed by atoms with Gasteiger partial charge in [0.1, 0.15) is 0 Å². The van der Waals surface area contributed by atoms with Gasteiger partial charge in [0.2, 0.25) is 5.91 Å². The maximum atomic E-state index is 11.7. The standard InChI is InChI=1S/C11H22N2O/c1-6-12-7-10(4)11(14)13(5)8-9(2)3/h10,12H,2,6-8H2,1,3-5H3. The van der Waals surface area contributed by atoms with Crippen molar-refractivity contribution >= 4 is 5.91 Å². The van der Waals surface area contributed by atoms with Gasteiger partial charge in [0, 0.05) is 26.1 Å². The molecule has 0 aromatic heterocycles. The van der Waals surface area contributed by atoms with E-state index in [4.69, 9.17) is 0 Å². The fraction of sp³-hybridized carbons (Fsp3) is 0.727. The van der Waals surface area contributed by atoms with Crippen LogP contribution in [0.5, 0.6) is 0 Å². The minimum absolute atomic E-state index is 0.0410. The molecule has 0 saturated carbocycles. The highest BCUT2D eigenvalue weighted by molar-refractivity contribution is 5.78. The highest BCUT2D eigenvalue weighted by atomic mass is 16.2. The van der Waals surface area contributed by atoms with Crippen molar-refractivity contribution in [1.82, 2.24) is 10.2 Å². The largest absolute Gasteiger partial charge is 0.342 e. The van der Waals surface area contributed by atoms with E-state index in [1.165, 1.54) is 0 Å². The van der Waals surface area contributed by atoms with Gasteiger partial charge >= 0.3 is 0 Å². The Morgan fingerprint density at radius 2 is 2.14 bits per heavy atom. The summed E-state index contributed by atoms with van der Waals surface area (Å²) in [5.74, 6) is 0.216. The normalized spacial score (nSPS) is 12.3. The van der Waals surface area contributed by atoms with Gasteiger partial charge in [-0.15, -0.1) is 0 Å². The van der Waals surface area contributed by atoms with Gasteiger partial charge < -0.3 is 10.2 Å². The lowest BCUT2D eigenvalue weighted by Crippen LogP contribution is -2.37. The van der Waals surface area contributed by atoms with Crippen molar-refractivity contribution in [3.63, 3.8) is 0 Å². The molecule has 0 aliphatic carbocycles. The number of amides is 1. The second kappa shape index (κ2) is 6.60. The van der Waals surface area contributed by atoms with Gasteiger partial charge in [-0.05, 0) is 13.5 Å². The summed E-state index contributed by atoms with van der Waals surface area (Å²) < 4.78 is 0. The van der Waals surface area contributed by atoms with Gasteiger partial charge in [-0.1, -0.05) is 26.0 Å². The molecule has 1 amide bonds. The number of carbonyl (C=O) groups is 1. The summed E-state index contributed by atoms with van der Waals surface area (Å²) in [4.78, 5) is 13.5. The Hall–Kier alpha value is -0.830. The summed E-state index contributed by atoms with van der Waals surface area (Å²) >= 11 is 0. The SMILES string of the molecule is C=C(C)CN(C)C(=O)C(C)CNCC. The second-order valence-electron chi connectivity index (χ2n) is 3.86. The lowest BCUT2D eigenvalue weighted by molar-refractivity contribution is -0.133. The topological polar surface area (TPSA) is 32.3 Å². The van der Waals surface area contributed by atoms with Crippen molar-refractivity contribution < 1.29 is 4.79 Å². The molecule has 0 fully saturated rings. The summed E-state index contributed by atoms with van der Waals surface area (Å²) in [6.07, 6.45) is 0. The number of nitrogens with zero attached hydrogens (tertiary/aromatic N) is 1. The Labute approximate surface area is 87.2 Å². The smallest absolute Gasteiger partial charge is 0.226 e. The zero-order valence-electron chi connectivity index (χ0n) is 9.76. The molecule has 3 heteroatoms. The molecular weight excluding hydrogens is 176 g/mol. The van der Waals surface area contributed by atoms with Crippen LogP contribution in [0.1, 0.15) is 20.8 Å². The first-order chi connectivity index (χ1) is 6.49. The first-order valence-corrected chi connectivity index (χ1v) is 5.09. The fourth-order valence-electron chi connectivity index (χ4n) is 1.31. The molecule has 0 radical (unpaired) electrons. The highest BCUT2D eigenvalue weighted by Gasteiger charge is 2.16. The van der Waals surface area contributed by atoms with E-state index in [2.05, 4.69) is 11.9 Å². The Morgan fingerprint density at radius 1 is 1.57 bits per heavy atom. The molecule has 3 nitrogen and oxygen atoms in total. The Kier molecular flexibility index (Phi) is 6.21. The van der Waals surface area contributed by atoms with Gasteiger partial charge in [-0.25, -0.2) is 0 Å². The van der Waals surface area contributed by atoms with E-state index in [0.29, 0.717) is 6.54 Å². The zero-order chi connectivity index (χ0) is 11.1. The highest BCUT2D eigenvalue weighted by Crippen LogP contribution is 2.01. The van der Waals surface area contributed by atoms with Crippen LogP contribution in [0.2, 0.25) is 0 Å². The monoisotopic (exact) mass is 198 g/mol. The van der Waals surface area contributed by atoms with Crippen LogP contribution < -0.4 is 5.32 Å². The van der Waals surface area contributed by atoms with Crippen LogP contribution in [0.25, 0.3) is 0 Å². The third-order valence-electron chi connectivity index (χ3n) is 2.01. The van der Waals surface area contributed by atoms with Crippen LogP contribution in [0, 0.1) is 5.92 Å². The second-order valence-corrected chi connectivity index (χ2v) is 3.86. The van der Waals surface area contributed by atoms with Crippen molar-refractivity contribution in [2.45, 2.75) is 20.8 Å². The molecular formula is C11H22N2O. The first kappa shape index (κ1) is 13.2. The van der Waals surface area contributed by atoms with Crippen LogP contribution >= 0.6 is 0 Å². The number of hydrogen-bond donors (Lipinski definition) is 1. The molecule has 0 heterocycles. The van der Waals surface area contributed by atoms with Gasteiger partial charge in [-0.2, -0.15) is 0 Å². The van der Waals surface area contributed by atoms with Crippen molar-refractivity contribution in [1.29, 1.82) is 0 Å². The number of rotatable bonds is 6. The first-order valence-electron chi connectivity index (χ1n) is 5.09. The van der Waals surface area contributed by atoms with Crippen molar-refractivity contribution in [3.05, 3.63) is 12.2 Å². The molecule has 1 N–H and O–H groups in total. The van der Waals surface area contributed by atoms with E-state index >= 15 is 0 Å². The summed E-state index contributed by atoms with van der Waals surface area (Å²) in [5, 5.41) is 3.17. The Bertz CT molecular complexity index is 201. The predicted octanol–water partition coefficient (Wildman–Crippen LogP) is 1.27. The minimum atomic E-state index is 0.0410. The number of carbonyl (C=O) groups excluding carboxylic acids is 1. The summed E-state index contributed by atoms with van der Waals surface area (Å²) in [5.41, 5.74) is 1.01. The minimum Gasteiger partial charge on any atom is -0.342 e. The van der Waals surface area contributed by atoms with E-state index < -0.39 is 0 Å². The molecule has 0 aromatic carbocycles. The molecule has 0 rings (SSSR count). The van der Waals surface area contributed by atoms with E-state index in [1.807, 2.05) is 27.8 Å². The molecule has 0 aliphatic rings. The third kappa shape index (κ3) is 5.02. The quantitative estimate of drug-likeness (QED) is 0.652. The number of likely N-dealkylation sites (N-methyl/N-ethyl adjacent to an activating group) is 1.